The van der Waals surface area contributed by atoms with E-state index in [1.54, 1.807) is 17.8 Å². The van der Waals surface area contributed by atoms with Crippen LogP contribution in [0.1, 0.15) is 38.4 Å². The van der Waals surface area contributed by atoms with Gasteiger partial charge in [-0.2, -0.15) is 14.4 Å². The van der Waals surface area contributed by atoms with Crippen LogP contribution in [0.15, 0.2) is 21.8 Å². The number of aromatic nitrogens is 4. The average molecular weight is 339 g/mol. The Labute approximate surface area is 135 Å². The van der Waals surface area contributed by atoms with Crippen molar-refractivity contribution in [2.45, 2.75) is 50.5 Å². The Balaban J connectivity index is 1.75. The van der Waals surface area contributed by atoms with E-state index in [9.17, 15) is 8.42 Å². The Kier molecular flexibility index (Phi) is 4.01. The largest absolute Gasteiger partial charge is 0.340 e. The van der Waals surface area contributed by atoms with Crippen molar-refractivity contribution in [1.29, 1.82) is 0 Å². The summed E-state index contributed by atoms with van der Waals surface area (Å²) in [6.45, 7) is 7.24. The first kappa shape index (κ1) is 16.1. The molecule has 1 saturated heterocycles. The second kappa shape index (κ2) is 5.72. The van der Waals surface area contributed by atoms with Crippen LogP contribution in [-0.4, -0.2) is 45.7 Å². The van der Waals surface area contributed by atoms with Crippen LogP contribution in [0.3, 0.4) is 0 Å². The molecule has 0 aliphatic carbocycles. The van der Waals surface area contributed by atoms with Crippen molar-refractivity contribution in [3.8, 4) is 0 Å². The first-order chi connectivity index (χ1) is 10.8. The summed E-state index contributed by atoms with van der Waals surface area (Å²) in [5.74, 6) is 1.19. The lowest BCUT2D eigenvalue weighted by Gasteiger charge is -2.36. The number of rotatable bonds is 4. The van der Waals surface area contributed by atoms with Gasteiger partial charge in [-0.25, -0.2) is 8.42 Å². The molecule has 0 N–H and O–H groups in total. The van der Waals surface area contributed by atoms with Gasteiger partial charge in [0.25, 0.3) is 0 Å². The summed E-state index contributed by atoms with van der Waals surface area (Å²) in [5.41, 5.74) is -0.253. The summed E-state index contributed by atoms with van der Waals surface area (Å²) < 4.78 is 33.6. The number of nitrogens with zero attached hydrogens (tertiary/aromatic N) is 5. The van der Waals surface area contributed by atoms with E-state index in [-0.39, 0.29) is 10.3 Å². The van der Waals surface area contributed by atoms with Crippen LogP contribution in [0.5, 0.6) is 0 Å². The molecule has 0 bridgehead atoms. The summed E-state index contributed by atoms with van der Waals surface area (Å²) in [6, 6.07) is 0. The first-order valence-corrected chi connectivity index (χ1v) is 9.12. The van der Waals surface area contributed by atoms with Crippen molar-refractivity contribution in [3.63, 3.8) is 0 Å². The third kappa shape index (κ3) is 2.90. The summed E-state index contributed by atoms with van der Waals surface area (Å²) in [7, 11) is -3.49. The van der Waals surface area contributed by atoms with Gasteiger partial charge < -0.3 is 4.52 Å². The standard InChI is InChI=1S/C14H21N5O3S/c1-4-18-10-12(9-15-18)23(20,21)19-7-5-14(3,6-8-19)13-16-11(2)22-17-13/h9-10H,4-8H2,1-3H3. The monoisotopic (exact) mass is 339 g/mol. The minimum absolute atomic E-state index is 0.248. The van der Waals surface area contributed by atoms with Crippen LogP contribution in [0.4, 0.5) is 0 Å². The van der Waals surface area contributed by atoms with Crippen molar-refractivity contribution in [3.05, 3.63) is 24.1 Å². The number of hydrogen-bond donors (Lipinski definition) is 0. The van der Waals surface area contributed by atoms with Gasteiger partial charge in [-0.3, -0.25) is 4.68 Å². The zero-order valence-electron chi connectivity index (χ0n) is 13.6. The Morgan fingerprint density at radius 3 is 2.57 bits per heavy atom. The Hall–Kier alpha value is -1.74. The van der Waals surface area contributed by atoms with E-state index in [0.29, 0.717) is 44.2 Å². The fraction of sp³-hybridized carbons (Fsp3) is 0.643. The number of sulfonamides is 1. The molecule has 126 valence electrons. The molecule has 0 aromatic carbocycles. The van der Waals surface area contributed by atoms with Crippen LogP contribution in [0, 0.1) is 6.92 Å². The smallest absolute Gasteiger partial charge is 0.246 e. The fourth-order valence-corrected chi connectivity index (χ4v) is 4.18. The highest BCUT2D eigenvalue weighted by molar-refractivity contribution is 7.89. The van der Waals surface area contributed by atoms with Crippen molar-refractivity contribution in [1.82, 2.24) is 24.2 Å². The molecule has 2 aromatic rings. The van der Waals surface area contributed by atoms with E-state index in [0.717, 1.165) is 0 Å². The van der Waals surface area contributed by atoms with Crippen molar-refractivity contribution >= 4 is 10.0 Å². The summed E-state index contributed by atoms with van der Waals surface area (Å²) in [4.78, 5) is 4.56. The van der Waals surface area contributed by atoms with Crippen molar-refractivity contribution in [2.75, 3.05) is 13.1 Å². The van der Waals surface area contributed by atoms with Gasteiger partial charge in [-0.05, 0) is 19.8 Å². The molecule has 1 aliphatic rings. The maximum atomic E-state index is 12.7. The van der Waals surface area contributed by atoms with E-state index in [2.05, 4.69) is 22.2 Å². The lowest BCUT2D eigenvalue weighted by molar-refractivity contribution is 0.233. The zero-order valence-corrected chi connectivity index (χ0v) is 14.4. The predicted molar refractivity (Wildman–Crippen MR) is 82.3 cm³/mol. The summed E-state index contributed by atoms with van der Waals surface area (Å²) in [6.07, 6.45) is 4.31. The molecule has 0 amide bonds. The number of hydrogen-bond acceptors (Lipinski definition) is 6. The van der Waals surface area contributed by atoms with Crippen molar-refractivity contribution < 1.29 is 12.9 Å². The predicted octanol–water partition coefficient (Wildman–Crippen LogP) is 1.34. The Morgan fingerprint density at radius 2 is 2.04 bits per heavy atom. The average Bonchev–Trinajstić information content (AvgIpc) is 3.17. The van der Waals surface area contributed by atoms with Crippen LogP contribution < -0.4 is 0 Å². The molecule has 0 saturated carbocycles. The summed E-state index contributed by atoms with van der Waals surface area (Å²) >= 11 is 0. The second-order valence-corrected chi connectivity index (χ2v) is 8.07. The second-order valence-electron chi connectivity index (χ2n) is 6.13. The van der Waals surface area contributed by atoms with Gasteiger partial charge in [-0.15, -0.1) is 0 Å². The first-order valence-electron chi connectivity index (χ1n) is 7.68. The van der Waals surface area contributed by atoms with Gasteiger partial charge in [0, 0.05) is 38.2 Å². The van der Waals surface area contributed by atoms with Crippen LogP contribution in [0.25, 0.3) is 0 Å². The molecule has 3 rings (SSSR count). The SMILES string of the molecule is CCn1cc(S(=O)(=O)N2CCC(C)(c3noc(C)n3)CC2)cn1. The lowest BCUT2D eigenvalue weighted by Crippen LogP contribution is -2.44. The highest BCUT2D eigenvalue weighted by Crippen LogP contribution is 2.35. The molecule has 2 aromatic heterocycles. The summed E-state index contributed by atoms with van der Waals surface area (Å²) in [5, 5.41) is 8.06. The van der Waals surface area contributed by atoms with Gasteiger partial charge in [0.05, 0.1) is 6.20 Å². The molecule has 3 heterocycles. The Morgan fingerprint density at radius 1 is 1.35 bits per heavy atom. The topological polar surface area (TPSA) is 94.1 Å². The zero-order chi connectivity index (χ0) is 16.7. The van der Waals surface area contributed by atoms with E-state index in [1.807, 2.05) is 6.92 Å². The molecule has 8 nitrogen and oxygen atoms in total. The molecule has 0 spiro atoms. The third-order valence-electron chi connectivity index (χ3n) is 4.46. The molecule has 0 unspecified atom stereocenters. The molecule has 1 fully saturated rings. The normalized spacial score (nSPS) is 19.1. The Bertz CT molecular complexity index is 787. The van der Waals surface area contributed by atoms with Gasteiger partial charge in [0.1, 0.15) is 4.90 Å². The molecular formula is C14H21N5O3S. The third-order valence-corrected chi connectivity index (χ3v) is 6.32. The molecule has 23 heavy (non-hydrogen) atoms. The molecular weight excluding hydrogens is 318 g/mol. The minimum atomic E-state index is -3.49. The molecule has 0 radical (unpaired) electrons. The van der Waals surface area contributed by atoms with Crippen LogP contribution in [0.2, 0.25) is 0 Å². The molecule has 1 aliphatic heterocycles. The lowest BCUT2D eigenvalue weighted by atomic mass is 9.80. The maximum Gasteiger partial charge on any atom is 0.246 e. The molecule has 0 atom stereocenters. The van der Waals surface area contributed by atoms with E-state index in [4.69, 9.17) is 4.52 Å². The van der Waals surface area contributed by atoms with E-state index < -0.39 is 10.0 Å². The van der Waals surface area contributed by atoms with E-state index >= 15 is 0 Å². The maximum absolute atomic E-state index is 12.7. The van der Waals surface area contributed by atoms with E-state index in [1.165, 1.54) is 10.5 Å². The van der Waals surface area contributed by atoms with Crippen LogP contribution in [-0.2, 0) is 22.0 Å². The van der Waals surface area contributed by atoms with Crippen molar-refractivity contribution in [2.24, 2.45) is 0 Å². The van der Waals surface area contributed by atoms with Gasteiger partial charge >= 0.3 is 0 Å². The molecule has 9 heteroatoms. The van der Waals surface area contributed by atoms with Gasteiger partial charge in [-0.1, -0.05) is 12.1 Å². The van der Waals surface area contributed by atoms with Crippen LogP contribution >= 0.6 is 0 Å². The highest BCUT2D eigenvalue weighted by Gasteiger charge is 2.39. The number of piperidine rings is 1. The quantitative estimate of drug-likeness (QED) is 0.834. The fourth-order valence-electron chi connectivity index (χ4n) is 2.79. The van der Waals surface area contributed by atoms with Gasteiger partial charge in [0.15, 0.2) is 5.82 Å². The highest BCUT2D eigenvalue weighted by atomic mass is 32.2. The minimum Gasteiger partial charge on any atom is -0.340 e. The number of aryl methyl sites for hydroxylation is 2. The van der Waals surface area contributed by atoms with Gasteiger partial charge in [0.2, 0.25) is 15.9 Å².